The van der Waals surface area contributed by atoms with Gasteiger partial charge in [-0.25, -0.2) is 8.42 Å². The van der Waals surface area contributed by atoms with Crippen molar-refractivity contribution in [3.63, 3.8) is 0 Å². The Morgan fingerprint density at radius 3 is 2.68 bits per heavy atom. The standard InChI is InChI=1S/C10H8Cl2N2O4S/c11-8-5-7(19(12,16)17)1-2-9(8)18-6-10(15)14-4-3-13/h1-2,5H,4,6H2,(H,14,15). The molecule has 1 aromatic rings. The van der Waals surface area contributed by atoms with Crippen molar-refractivity contribution < 1.29 is 17.9 Å². The van der Waals surface area contributed by atoms with E-state index in [9.17, 15) is 13.2 Å². The molecular formula is C10H8Cl2N2O4S. The van der Waals surface area contributed by atoms with Crippen molar-refractivity contribution >= 4 is 37.2 Å². The number of hydrogen-bond acceptors (Lipinski definition) is 5. The van der Waals surface area contributed by atoms with E-state index in [0.29, 0.717) is 0 Å². The molecule has 0 bridgehead atoms. The number of nitrogens with zero attached hydrogens (tertiary/aromatic N) is 1. The van der Waals surface area contributed by atoms with E-state index in [1.807, 2.05) is 0 Å². The van der Waals surface area contributed by atoms with Gasteiger partial charge in [0.05, 0.1) is 16.0 Å². The molecule has 6 nitrogen and oxygen atoms in total. The van der Waals surface area contributed by atoms with Crippen LogP contribution in [0.25, 0.3) is 0 Å². The van der Waals surface area contributed by atoms with Crippen molar-refractivity contribution in [1.82, 2.24) is 5.32 Å². The Bertz CT molecular complexity index is 625. The highest BCUT2D eigenvalue weighted by molar-refractivity contribution is 8.13. The molecule has 1 amide bonds. The monoisotopic (exact) mass is 322 g/mol. The molecule has 19 heavy (non-hydrogen) atoms. The van der Waals surface area contributed by atoms with Gasteiger partial charge in [0, 0.05) is 10.7 Å². The smallest absolute Gasteiger partial charge is 0.261 e. The van der Waals surface area contributed by atoms with Crippen LogP contribution in [0, 0.1) is 11.3 Å². The molecule has 9 heteroatoms. The summed E-state index contributed by atoms with van der Waals surface area (Å²) in [5, 5.41) is 10.5. The Balaban J connectivity index is 2.71. The highest BCUT2D eigenvalue weighted by Crippen LogP contribution is 2.28. The van der Waals surface area contributed by atoms with Gasteiger partial charge >= 0.3 is 0 Å². The van der Waals surface area contributed by atoms with Crippen molar-refractivity contribution in [3.8, 4) is 11.8 Å². The molecule has 0 saturated heterocycles. The number of carbonyl (C=O) groups excluding carboxylic acids is 1. The molecule has 102 valence electrons. The maximum atomic E-state index is 11.2. The first-order valence-electron chi connectivity index (χ1n) is 4.85. The molecule has 0 unspecified atom stereocenters. The third-order valence-electron chi connectivity index (χ3n) is 1.91. The number of nitrogens with one attached hydrogen (secondary N) is 1. The van der Waals surface area contributed by atoms with E-state index >= 15 is 0 Å². The van der Waals surface area contributed by atoms with Crippen LogP contribution in [0.5, 0.6) is 5.75 Å². The van der Waals surface area contributed by atoms with Crippen LogP contribution in [0.15, 0.2) is 23.1 Å². The SMILES string of the molecule is N#CCNC(=O)COc1ccc(S(=O)(=O)Cl)cc1Cl. The number of benzene rings is 1. The van der Waals surface area contributed by atoms with Crippen LogP contribution in [-0.4, -0.2) is 27.5 Å². The van der Waals surface area contributed by atoms with Gasteiger partial charge in [0.1, 0.15) is 12.3 Å². The van der Waals surface area contributed by atoms with E-state index in [0.717, 1.165) is 6.07 Å². The number of ether oxygens (including phenoxy) is 1. The van der Waals surface area contributed by atoms with E-state index in [4.69, 9.17) is 32.3 Å². The molecule has 1 aromatic carbocycles. The van der Waals surface area contributed by atoms with Gasteiger partial charge in [0.15, 0.2) is 6.61 Å². The molecule has 0 radical (unpaired) electrons. The summed E-state index contributed by atoms with van der Waals surface area (Å²) in [6, 6.07) is 5.35. The lowest BCUT2D eigenvalue weighted by Crippen LogP contribution is -2.29. The van der Waals surface area contributed by atoms with E-state index < -0.39 is 15.0 Å². The first-order chi connectivity index (χ1) is 8.84. The Morgan fingerprint density at radius 2 is 2.16 bits per heavy atom. The Kier molecular flexibility index (Phi) is 5.42. The fourth-order valence-corrected chi connectivity index (χ4v) is 2.16. The minimum absolute atomic E-state index is 0.00908. The lowest BCUT2D eigenvalue weighted by atomic mass is 10.3. The zero-order chi connectivity index (χ0) is 14.5. The predicted octanol–water partition coefficient (Wildman–Crippen LogP) is 1.29. The predicted molar refractivity (Wildman–Crippen MR) is 68.6 cm³/mol. The quantitative estimate of drug-likeness (QED) is 0.650. The zero-order valence-electron chi connectivity index (χ0n) is 9.39. The summed E-state index contributed by atoms with van der Waals surface area (Å²) in [5.41, 5.74) is 0. The minimum atomic E-state index is -3.87. The summed E-state index contributed by atoms with van der Waals surface area (Å²) in [6.45, 7) is -0.465. The van der Waals surface area contributed by atoms with Gasteiger partial charge in [0.25, 0.3) is 15.0 Å². The molecule has 1 N–H and O–H groups in total. The van der Waals surface area contributed by atoms with Crippen LogP contribution in [0.4, 0.5) is 0 Å². The first kappa shape index (κ1) is 15.6. The zero-order valence-corrected chi connectivity index (χ0v) is 11.7. The summed E-state index contributed by atoms with van der Waals surface area (Å²) in [7, 11) is 1.28. The van der Waals surface area contributed by atoms with Crippen LogP contribution in [-0.2, 0) is 13.8 Å². The first-order valence-corrected chi connectivity index (χ1v) is 7.54. The molecule has 1 rings (SSSR count). The van der Waals surface area contributed by atoms with E-state index in [1.165, 1.54) is 12.1 Å². The summed E-state index contributed by atoms with van der Waals surface area (Å²) in [6.07, 6.45) is 0. The number of amides is 1. The lowest BCUT2D eigenvalue weighted by Gasteiger charge is -2.08. The lowest BCUT2D eigenvalue weighted by molar-refractivity contribution is -0.122. The molecule has 0 aliphatic rings. The number of carbonyl (C=O) groups is 1. The summed E-state index contributed by atoms with van der Waals surface area (Å²) in [4.78, 5) is 11.0. The Hall–Kier alpha value is -1.49. The minimum Gasteiger partial charge on any atom is -0.482 e. The topological polar surface area (TPSA) is 96.3 Å². The largest absolute Gasteiger partial charge is 0.482 e. The summed E-state index contributed by atoms with van der Waals surface area (Å²) < 4.78 is 27.2. The van der Waals surface area contributed by atoms with Gasteiger partial charge in [-0.2, -0.15) is 5.26 Å². The van der Waals surface area contributed by atoms with Crippen molar-refractivity contribution in [3.05, 3.63) is 23.2 Å². The molecular weight excluding hydrogens is 315 g/mol. The van der Waals surface area contributed by atoms with Crippen LogP contribution in [0.3, 0.4) is 0 Å². The van der Waals surface area contributed by atoms with E-state index in [1.54, 1.807) is 6.07 Å². The number of halogens is 2. The molecule has 0 saturated carbocycles. The van der Waals surface area contributed by atoms with E-state index in [-0.39, 0.29) is 28.8 Å². The normalized spacial score (nSPS) is 10.6. The Morgan fingerprint density at radius 1 is 1.47 bits per heavy atom. The molecule has 0 aliphatic carbocycles. The second kappa shape index (κ2) is 6.61. The van der Waals surface area contributed by atoms with Crippen LogP contribution >= 0.6 is 22.3 Å². The van der Waals surface area contributed by atoms with Gasteiger partial charge in [-0.3, -0.25) is 4.79 Å². The van der Waals surface area contributed by atoms with Gasteiger partial charge in [-0.15, -0.1) is 0 Å². The number of hydrogen-bond donors (Lipinski definition) is 1. The van der Waals surface area contributed by atoms with Crippen molar-refractivity contribution in [2.75, 3.05) is 13.2 Å². The maximum Gasteiger partial charge on any atom is 0.261 e. The molecule has 0 spiro atoms. The van der Waals surface area contributed by atoms with Crippen molar-refractivity contribution in [1.29, 1.82) is 5.26 Å². The Labute approximate surface area is 119 Å². The van der Waals surface area contributed by atoms with Crippen LogP contribution in [0.2, 0.25) is 5.02 Å². The third-order valence-corrected chi connectivity index (χ3v) is 3.56. The molecule has 0 heterocycles. The summed E-state index contributed by atoms with van der Waals surface area (Å²) in [5.74, 6) is -0.357. The second-order valence-electron chi connectivity index (χ2n) is 3.25. The third kappa shape index (κ3) is 4.95. The van der Waals surface area contributed by atoms with E-state index in [2.05, 4.69) is 5.32 Å². The van der Waals surface area contributed by atoms with Gasteiger partial charge in [0.2, 0.25) is 0 Å². The average molecular weight is 323 g/mol. The van der Waals surface area contributed by atoms with Gasteiger partial charge < -0.3 is 10.1 Å². The molecule has 0 aromatic heterocycles. The fraction of sp³-hybridized carbons (Fsp3) is 0.200. The van der Waals surface area contributed by atoms with Crippen LogP contribution < -0.4 is 10.1 Å². The highest BCUT2D eigenvalue weighted by atomic mass is 35.7. The average Bonchev–Trinajstić information content (AvgIpc) is 2.33. The second-order valence-corrected chi connectivity index (χ2v) is 6.23. The number of nitriles is 1. The van der Waals surface area contributed by atoms with Crippen molar-refractivity contribution in [2.24, 2.45) is 0 Å². The maximum absolute atomic E-state index is 11.2. The van der Waals surface area contributed by atoms with Gasteiger partial charge in [-0.1, -0.05) is 11.6 Å². The summed E-state index contributed by atoms with van der Waals surface area (Å²) >= 11 is 5.79. The van der Waals surface area contributed by atoms with Gasteiger partial charge in [-0.05, 0) is 18.2 Å². The fourth-order valence-electron chi connectivity index (χ4n) is 1.08. The highest BCUT2D eigenvalue weighted by Gasteiger charge is 2.13. The van der Waals surface area contributed by atoms with Crippen LogP contribution in [0.1, 0.15) is 0 Å². The van der Waals surface area contributed by atoms with Crippen molar-refractivity contribution in [2.45, 2.75) is 4.90 Å². The number of rotatable bonds is 5. The molecule has 0 fully saturated rings. The molecule has 0 aliphatic heterocycles. The molecule has 0 atom stereocenters.